The molecule has 2 unspecified atom stereocenters. The fraction of sp³-hybridized carbons (Fsp3) is 0.846. The number of amides is 2. The number of nitrogens with zero attached hydrogens (tertiary/aromatic N) is 2. The summed E-state index contributed by atoms with van der Waals surface area (Å²) >= 11 is 1.54. The highest BCUT2D eigenvalue weighted by Crippen LogP contribution is 2.34. The van der Waals surface area contributed by atoms with Crippen molar-refractivity contribution in [3.05, 3.63) is 0 Å². The number of rotatable bonds is 6. The monoisotopic (exact) mass is 304 g/mol. The van der Waals surface area contributed by atoms with Gasteiger partial charge < -0.3 is 14.7 Å². The molecule has 6 nitrogen and oxygen atoms in total. The Morgan fingerprint density at radius 2 is 2.15 bits per heavy atom. The van der Waals surface area contributed by atoms with Gasteiger partial charge in [-0.2, -0.15) is 0 Å². The molecule has 0 aromatic heterocycles. The largest absolute Gasteiger partial charge is 0.480 e. The molecule has 1 heterocycles. The predicted molar refractivity (Wildman–Crippen MR) is 78.9 cm³/mol. The van der Waals surface area contributed by atoms with Crippen molar-refractivity contribution in [3.63, 3.8) is 0 Å². The first kappa shape index (κ1) is 17.1. The first-order valence-corrected chi connectivity index (χ1v) is 7.90. The Hall–Kier alpha value is -0.950. The summed E-state index contributed by atoms with van der Waals surface area (Å²) in [5.74, 6) is -0.274. The van der Waals surface area contributed by atoms with Crippen LogP contribution in [-0.2, 0) is 9.53 Å². The molecule has 1 aliphatic rings. The molecular formula is C13H24N2O4S. The topological polar surface area (TPSA) is 70.1 Å². The Morgan fingerprint density at radius 3 is 2.65 bits per heavy atom. The van der Waals surface area contributed by atoms with E-state index in [-0.39, 0.29) is 17.3 Å². The van der Waals surface area contributed by atoms with Gasteiger partial charge in [-0.1, -0.05) is 13.8 Å². The number of thioether (sulfide) groups is 1. The summed E-state index contributed by atoms with van der Waals surface area (Å²) < 4.78 is 5.23. The highest BCUT2D eigenvalue weighted by molar-refractivity contribution is 8.00. The zero-order valence-corrected chi connectivity index (χ0v) is 13.4. The fourth-order valence-corrected chi connectivity index (χ4v) is 3.58. The van der Waals surface area contributed by atoms with Crippen molar-refractivity contribution in [2.75, 3.05) is 32.6 Å². The third kappa shape index (κ3) is 4.02. The van der Waals surface area contributed by atoms with E-state index >= 15 is 0 Å². The van der Waals surface area contributed by atoms with Gasteiger partial charge in [-0.3, -0.25) is 4.90 Å². The Bertz CT molecular complexity index is 351. The smallest absolute Gasteiger partial charge is 0.327 e. The number of carboxylic acids is 1. The Balaban J connectivity index is 2.75. The van der Waals surface area contributed by atoms with Crippen molar-refractivity contribution in [2.24, 2.45) is 5.92 Å². The normalized spacial score (nSPS) is 22.4. The van der Waals surface area contributed by atoms with Gasteiger partial charge in [0.1, 0.15) is 6.04 Å². The molecule has 1 aliphatic heterocycles. The second-order valence-corrected chi connectivity index (χ2v) is 6.28. The van der Waals surface area contributed by atoms with E-state index in [1.807, 2.05) is 20.8 Å². The molecule has 0 spiro atoms. The molecule has 7 heteroatoms. The summed E-state index contributed by atoms with van der Waals surface area (Å²) in [5.41, 5.74) is 0. The van der Waals surface area contributed by atoms with Gasteiger partial charge in [0, 0.05) is 26.0 Å². The zero-order chi connectivity index (χ0) is 15.3. The average Bonchev–Trinajstić information content (AvgIpc) is 2.82. The third-order valence-corrected chi connectivity index (χ3v) is 4.83. The molecule has 1 fully saturated rings. The number of carbonyl (C=O) groups excluding carboxylic acids is 1. The maximum absolute atomic E-state index is 12.5. The van der Waals surface area contributed by atoms with Crippen LogP contribution >= 0.6 is 11.8 Å². The van der Waals surface area contributed by atoms with E-state index < -0.39 is 12.0 Å². The molecule has 0 aromatic carbocycles. The molecule has 1 saturated heterocycles. The molecule has 1 N–H and O–H groups in total. The number of likely N-dealkylation sites (N-methyl/N-ethyl adjacent to an activating group) is 1. The number of carboxylic acid groups (broad SMARTS) is 1. The van der Waals surface area contributed by atoms with Crippen LogP contribution in [-0.4, -0.2) is 70.9 Å². The standard InChI is InChI=1S/C13H24N2O4S/c1-5-19-7-6-14(4)13(18)15-10(12(16)17)8-20-11(15)9(2)3/h9-11H,5-8H2,1-4H3,(H,16,17). The number of hydrogen-bond donors (Lipinski definition) is 1. The van der Waals surface area contributed by atoms with Crippen LogP contribution in [0.1, 0.15) is 20.8 Å². The van der Waals surface area contributed by atoms with Crippen LogP contribution in [0.15, 0.2) is 0 Å². The van der Waals surface area contributed by atoms with E-state index in [2.05, 4.69) is 0 Å². The molecule has 2 atom stereocenters. The highest BCUT2D eigenvalue weighted by Gasteiger charge is 2.43. The van der Waals surface area contributed by atoms with E-state index in [0.29, 0.717) is 25.5 Å². The maximum atomic E-state index is 12.5. The van der Waals surface area contributed by atoms with E-state index in [1.165, 1.54) is 21.6 Å². The van der Waals surface area contributed by atoms with Crippen molar-refractivity contribution in [1.82, 2.24) is 9.80 Å². The molecule has 0 aromatic rings. The summed E-state index contributed by atoms with van der Waals surface area (Å²) in [6.07, 6.45) is 0. The van der Waals surface area contributed by atoms with Crippen molar-refractivity contribution >= 4 is 23.8 Å². The molecule has 0 radical (unpaired) electrons. The highest BCUT2D eigenvalue weighted by atomic mass is 32.2. The average molecular weight is 304 g/mol. The van der Waals surface area contributed by atoms with Crippen LogP contribution in [0.2, 0.25) is 0 Å². The van der Waals surface area contributed by atoms with Crippen LogP contribution in [0.25, 0.3) is 0 Å². The SMILES string of the molecule is CCOCCN(C)C(=O)N1C(C(=O)O)CSC1C(C)C. The first-order chi connectivity index (χ1) is 9.40. The summed E-state index contributed by atoms with van der Waals surface area (Å²) in [6, 6.07) is -0.977. The Labute approximate surface area is 124 Å². The maximum Gasteiger partial charge on any atom is 0.327 e. The minimum atomic E-state index is -0.938. The molecule has 20 heavy (non-hydrogen) atoms. The molecule has 2 amide bonds. The fourth-order valence-electron chi connectivity index (χ4n) is 2.11. The van der Waals surface area contributed by atoms with Gasteiger partial charge in [-0.25, -0.2) is 9.59 Å². The van der Waals surface area contributed by atoms with Gasteiger partial charge in [-0.05, 0) is 12.8 Å². The number of hydrogen-bond acceptors (Lipinski definition) is 4. The van der Waals surface area contributed by atoms with Crippen LogP contribution in [0, 0.1) is 5.92 Å². The molecule has 0 saturated carbocycles. The van der Waals surface area contributed by atoms with Crippen LogP contribution in [0.4, 0.5) is 4.79 Å². The molecule has 1 rings (SSSR count). The quantitative estimate of drug-likeness (QED) is 0.754. The van der Waals surface area contributed by atoms with Crippen LogP contribution < -0.4 is 0 Å². The van der Waals surface area contributed by atoms with Gasteiger partial charge in [-0.15, -0.1) is 11.8 Å². The van der Waals surface area contributed by atoms with E-state index in [4.69, 9.17) is 4.74 Å². The molecular weight excluding hydrogens is 280 g/mol. The molecule has 116 valence electrons. The van der Waals surface area contributed by atoms with Crippen LogP contribution in [0.3, 0.4) is 0 Å². The van der Waals surface area contributed by atoms with Crippen molar-refractivity contribution in [2.45, 2.75) is 32.2 Å². The lowest BCUT2D eigenvalue weighted by Crippen LogP contribution is -2.52. The summed E-state index contributed by atoms with van der Waals surface area (Å²) in [5, 5.41) is 9.19. The number of carbonyl (C=O) groups is 2. The van der Waals surface area contributed by atoms with Crippen molar-refractivity contribution in [1.29, 1.82) is 0 Å². The van der Waals surface area contributed by atoms with Gasteiger partial charge in [0.25, 0.3) is 0 Å². The first-order valence-electron chi connectivity index (χ1n) is 6.85. The van der Waals surface area contributed by atoms with E-state index in [0.717, 1.165) is 0 Å². The van der Waals surface area contributed by atoms with Gasteiger partial charge >= 0.3 is 12.0 Å². The van der Waals surface area contributed by atoms with Gasteiger partial charge in [0.05, 0.1) is 12.0 Å². The van der Waals surface area contributed by atoms with Crippen LogP contribution in [0.5, 0.6) is 0 Å². The lowest BCUT2D eigenvalue weighted by atomic mass is 10.1. The van der Waals surface area contributed by atoms with E-state index in [1.54, 1.807) is 7.05 Å². The van der Waals surface area contributed by atoms with Crippen molar-refractivity contribution in [3.8, 4) is 0 Å². The molecule has 0 aliphatic carbocycles. The third-order valence-electron chi connectivity index (χ3n) is 3.21. The predicted octanol–water partition coefficient (Wildman–Crippen LogP) is 1.56. The lowest BCUT2D eigenvalue weighted by molar-refractivity contribution is -0.141. The van der Waals surface area contributed by atoms with Crippen molar-refractivity contribution < 1.29 is 19.4 Å². The second kappa shape index (κ2) is 7.73. The molecule has 0 bridgehead atoms. The summed E-state index contributed by atoms with van der Waals surface area (Å²) in [6.45, 7) is 7.43. The minimum absolute atomic E-state index is 0.0851. The number of ether oxygens (including phenoxy) is 1. The van der Waals surface area contributed by atoms with E-state index in [9.17, 15) is 14.7 Å². The number of aliphatic carboxylic acids is 1. The second-order valence-electron chi connectivity index (χ2n) is 5.13. The summed E-state index contributed by atoms with van der Waals surface area (Å²) in [7, 11) is 1.68. The summed E-state index contributed by atoms with van der Waals surface area (Å²) in [4.78, 5) is 26.8. The van der Waals surface area contributed by atoms with Gasteiger partial charge in [0.2, 0.25) is 0 Å². The van der Waals surface area contributed by atoms with Gasteiger partial charge in [0.15, 0.2) is 0 Å². The number of urea groups is 1. The Morgan fingerprint density at radius 1 is 1.50 bits per heavy atom. The minimum Gasteiger partial charge on any atom is -0.480 e. The zero-order valence-electron chi connectivity index (χ0n) is 12.5. The Kier molecular flexibility index (Phi) is 6.61. The lowest BCUT2D eigenvalue weighted by Gasteiger charge is -2.33.